The molecule has 128 valence electrons. The molecule has 1 aliphatic heterocycles. The minimum atomic E-state index is -0.247. The van der Waals surface area contributed by atoms with Gasteiger partial charge in [-0.15, -0.1) is 0 Å². The van der Waals surface area contributed by atoms with Crippen molar-refractivity contribution in [3.63, 3.8) is 0 Å². The molecule has 25 heavy (non-hydrogen) atoms. The highest BCUT2D eigenvalue weighted by atomic mass is 19.1. The minimum Gasteiger partial charge on any atom is -0.369 e. The first kappa shape index (κ1) is 15.8. The zero-order valence-electron chi connectivity index (χ0n) is 14.2. The lowest BCUT2D eigenvalue weighted by molar-refractivity contribution is 0.313. The van der Waals surface area contributed by atoms with Crippen LogP contribution >= 0.6 is 0 Å². The van der Waals surface area contributed by atoms with Gasteiger partial charge in [0.25, 0.3) is 0 Å². The number of aromatic amines is 1. The number of benzene rings is 2. The largest absolute Gasteiger partial charge is 0.369 e. The van der Waals surface area contributed by atoms with Crippen molar-refractivity contribution in [3.8, 4) is 22.5 Å². The number of anilines is 1. The van der Waals surface area contributed by atoms with Gasteiger partial charge in [-0.2, -0.15) is 5.10 Å². The van der Waals surface area contributed by atoms with E-state index in [-0.39, 0.29) is 5.82 Å². The fraction of sp³-hybridized carbons (Fsp3) is 0.250. The molecule has 0 saturated carbocycles. The summed E-state index contributed by atoms with van der Waals surface area (Å²) in [6.07, 6.45) is 0. The summed E-state index contributed by atoms with van der Waals surface area (Å²) in [6.45, 7) is 4.28. The molecule has 4 rings (SSSR count). The molecule has 0 unspecified atom stereocenters. The molecule has 0 atom stereocenters. The van der Waals surface area contributed by atoms with Gasteiger partial charge in [-0.05, 0) is 37.4 Å². The standard InChI is InChI=1S/C20H21FN4/c1-24-10-12-25(13-11-24)16-8-6-15(7-9-16)19-14-20(23-22-19)17-4-2-3-5-18(17)21/h2-9,14H,10-13H2,1H3,(H,22,23). The summed E-state index contributed by atoms with van der Waals surface area (Å²) in [7, 11) is 2.16. The average molecular weight is 336 g/mol. The number of aromatic nitrogens is 2. The third-order valence-corrected chi connectivity index (χ3v) is 4.77. The summed E-state index contributed by atoms with van der Waals surface area (Å²) in [4.78, 5) is 4.75. The maximum atomic E-state index is 13.9. The van der Waals surface area contributed by atoms with E-state index in [0.29, 0.717) is 11.3 Å². The van der Waals surface area contributed by atoms with Crippen LogP contribution in [0.4, 0.5) is 10.1 Å². The Morgan fingerprint density at radius 1 is 0.960 bits per heavy atom. The first-order chi connectivity index (χ1) is 12.2. The SMILES string of the molecule is CN1CCN(c2ccc(-c3cc(-c4ccccc4F)[nH]n3)cc2)CC1. The molecular weight excluding hydrogens is 315 g/mol. The molecule has 0 amide bonds. The second-order valence-corrected chi connectivity index (χ2v) is 6.48. The summed E-state index contributed by atoms with van der Waals surface area (Å²) in [5.74, 6) is -0.247. The van der Waals surface area contributed by atoms with Crippen LogP contribution in [0.15, 0.2) is 54.6 Å². The predicted molar refractivity (Wildman–Crippen MR) is 99.1 cm³/mol. The first-order valence-corrected chi connectivity index (χ1v) is 8.55. The Kier molecular flexibility index (Phi) is 4.24. The lowest BCUT2D eigenvalue weighted by atomic mass is 10.1. The number of H-pyrrole nitrogens is 1. The molecule has 4 nitrogen and oxygen atoms in total. The van der Waals surface area contributed by atoms with Crippen LogP contribution in [0, 0.1) is 5.82 Å². The zero-order valence-corrected chi connectivity index (χ0v) is 14.2. The monoisotopic (exact) mass is 336 g/mol. The van der Waals surface area contributed by atoms with Crippen molar-refractivity contribution in [2.24, 2.45) is 0 Å². The summed E-state index contributed by atoms with van der Waals surface area (Å²) >= 11 is 0. The van der Waals surface area contributed by atoms with Gasteiger partial charge in [-0.3, -0.25) is 5.10 Å². The van der Waals surface area contributed by atoms with E-state index in [1.165, 1.54) is 11.8 Å². The molecule has 3 aromatic rings. The van der Waals surface area contributed by atoms with Crippen molar-refractivity contribution >= 4 is 5.69 Å². The van der Waals surface area contributed by atoms with Crippen LogP contribution in [-0.4, -0.2) is 48.3 Å². The molecule has 5 heteroatoms. The highest BCUT2D eigenvalue weighted by Crippen LogP contribution is 2.27. The van der Waals surface area contributed by atoms with E-state index in [1.807, 2.05) is 12.1 Å². The topological polar surface area (TPSA) is 35.2 Å². The first-order valence-electron chi connectivity index (χ1n) is 8.55. The Bertz CT molecular complexity index is 848. The molecule has 1 saturated heterocycles. The molecule has 2 heterocycles. The lowest BCUT2D eigenvalue weighted by Crippen LogP contribution is -2.44. The molecule has 2 aromatic carbocycles. The molecule has 0 radical (unpaired) electrons. The van der Waals surface area contributed by atoms with Crippen LogP contribution < -0.4 is 4.90 Å². The fourth-order valence-corrected chi connectivity index (χ4v) is 3.19. The Balaban J connectivity index is 1.54. The molecule has 0 bridgehead atoms. The van der Waals surface area contributed by atoms with Gasteiger partial charge in [0.2, 0.25) is 0 Å². The minimum absolute atomic E-state index is 0.247. The molecule has 0 spiro atoms. The number of nitrogens with zero attached hydrogens (tertiary/aromatic N) is 3. The van der Waals surface area contributed by atoms with Gasteiger partial charge in [-0.25, -0.2) is 4.39 Å². The van der Waals surface area contributed by atoms with E-state index in [4.69, 9.17) is 0 Å². The van der Waals surface area contributed by atoms with Crippen LogP contribution in [0.5, 0.6) is 0 Å². The second kappa shape index (κ2) is 6.69. The van der Waals surface area contributed by atoms with E-state index in [2.05, 4.69) is 51.3 Å². The van der Waals surface area contributed by atoms with Gasteiger partial charge in [0, 0.05) is 43.0 Å². The lowest BCUT2D eigenvalue weighted by Gasteiger charge is -2.34. The molecule has 1 aliphatic rings. The van der Waals surface area contributed by atoms with Crippen LogP contribution in [0.1, 0.15) is 0 Å². The normalized spacial score (nSPS) is 15.5. The average Bonchev–Trinajstić information content (AvgIpc) is 3.13. The number of nitrogens with one attached hydrogen (secondary N) is 1. The summed E-state index contributed by atoms with van der Waals surface area (Å²) in [5, 5.41) is 7.28. The van der Waals surface area contributed by atoms with E-state index < -0.39 is 0 Å². The number of likely N-dealkylation sites (N-methyl/N-ethyl adjacent to an activating group) is 1. The smallest absolute Gasteiger partial charge is 0.132 e. The fourth-order valence-electron chi connectivity index (χ4n) is 3.19. The molecule has 1 N–H and O–H groups in total. The highest BCUT2D eigenvalue weighted by molar-refractivity contribution is 5.69. The van der Waals surface area contributed by atoms with Gasteiger partial charge < -0.3 is 9.80 Å². The number of halogens is 1. The van der Waals surface area contributed by atoms with Crippen molar-refractivity contribution in [2.45, 2.75) is 0 Å². The van der Waals surface area contributed by atoms with Crippen LogP contribution in [0.2, 0.25) is 0 Å². The van der Waals surface area contributed by atoms with E-state index in [0.717, 1.165) is 37.4 Å². The van der Waals surface area contributed by atoms with Gasteiger partial charge in [0.05, 0.1) is 11.4 Å². The van der Waals surface area contributed by atoms with Crippen molar-refractivity contribution < 1.29 is 4.39 Å². The maximum absolute atomic E-state index is 13.9. The van der Waals surface area contributed by atoms with Crippen molar-refractivity contribution in [3.05, 3.63) is 60.4 Å². The Morgan fingerprint density at radius 2 is 1.68 bits per heavy atom. The number of hydrogen-bond donors (Lipinski definition) is 1. The summed E-state index contributed by atoms with van der Waals surface area (Å²) < 4.78 is 13.9. The van der Waals surface area contributed by atoms with E-state index in [9.17, 15) is 4.39 Å². The van der Waals surface area contributed by atoms with Crippen molar-refractivity contribution in [1.29, 1.82) is 0 Å². The van der Waals surface area contributed by atoms with Crippen molar-refractivity contribution in [1.82, 2.24) is 15.1 Å². The van der Waals surface area contributed by atoms with Crippen LogP contribution in [0.3, 0.4) is 0 Å². The third-order valence-electron chi connectivity index (χ3n) is 4.77. The number of hydrogen-bond acceptors (Lipinski definition) is 3. The summed E-state index contributed by atoms with van der Waals surface area (Å²) in [5.41, 5.74) is 4.31. The number of rotatable bonds is 3. The Hall–Kier alpha value is -2.66. The maximum Gasteiger partial charge on any atom is 0.132 e. The van der Waals surface area contributed by atoms with Gasteiger partial charge in [-0.1, -0.05) is 24.3 Å². The highest BCUT2D eigenvalue weighted by Gasteiger charge is 2.14. The molecule has 1 fully saturated rings. The quantitative estimate of drug-likeness (QED) is 0.793. The van der Waals surface area contributed by atoms with E-state index >= 15 is 0 Å². The predicted octanol–water partition coefficient (Wildman–Crippen LogP) is 3.63. The third kappa shape index (κ3) is 3.28. The summed E-state index contributed by atoms with van der Waals surface area (Å²) in [6, 6.07) is 17.0. The number of piperazine rings is 1. The van der Waals surface area contributed by atoms with E-state index in [1.54, 1.807) is 12.1 Å². The van der Waals surface area contributed by atoms with Crippen molar-refractivity contribution in [2.75, 3.05) is 38.1 Å². The Labute approximate surface area is 146 Å². The zero-order chi connectivity index (χ0) is 17.2. The molecular formula is C20H21FN4. The van der Waals surface area contributed by atoms with Gasteiger partial charge in [0.1, 0.15) is 5.82 Å². The van der Waals surface area contributed by atoms with Gasteiger partial charge >= 0.3 is 0 Å². The second-order valence-electron chi connectivity index (χ2n) is 6.48. The van der Waals surface area contributed by atoms with Crippen LogP contribution in [0.25, 0.3) is 22.5 Å². The van der Waals surface area contributed by atoms with Crippen LogP contribution in [-0.2, 0) is 0 Å². The Morgan fingerprint density at radius 3 is 2.40 bits per heavy atom. The molecule has 1 aromatic heterocycles. The van der Waals surface area contributed by atoms with Gasteiger partial charge in [0.15, 0.2) is 0 Å². The molecule has 0 aliphatic carbocycles.